The smallest absolute Gasteiger partial charge is 0.323 e. The zero-order chi connectivity index (χ0) is 14.5. The van der Waals surface area contributed by atoms with E-state index in [1.54, 1.807) is 0 Å². The van der Waals surface area contributed by atoms with Crippen molar-refractivity contribution in [2.24, 2.45) is 5.92 Å². The molecule has 1 aliphatic rings. The monoisotopic (exact) mass is 279 g/mol. The van der Waals surface area contributed by atoms with Gasteiger partial charge in [-0.25, -0.2) is 0 Å². The summed E-state index contributed by atoms with van der Waals surface area (Å²) in [5, 5.41) is 3.12. The fourth-order valence-electron chi connectivity index (χ4n) is 2.33. The van der Waals surface area contributed by atoms with Crippen LogP contribution in [0.25, 0.3) is 0 Å². The molecule has 2 rings (SSSR count). The molecular weight excluding hydrogens is 254 g/mol. The van der Waals surface area contributed by atoms with Crippen molar-refractivity contribution < 1.29 is 4.74 Å². The molecule has 1 fully saturated rings. The van der Waals surface area contributed by atoms with Gasteiger partial charge in [0.25, 0.3) is 0 Å². The van der Waals surface area contributed by atoms with Gasteiger partial charge >= 0.3 is 6.01 Å². The first-order valence-electron chi connectivity index (χ1n) is 7.42. The predicted molar refractivity (Wildman–Crippen MR) is 80.4 cm³/mol. The van der Waals surface area contributed by atoms with Crippen LogP contribution in [0.1, 0.15) is 39.5 Å². The number of hydrogen-bond acceptors (Lipinski definition) is 6. The summed E-state index contributed by atoms with van der Waals surface area (Å²) in [5.41, 5.74) is 0. The number of nitrogens with zero attached hydrogens (tertiary/aromatic N) is 4. The van der Waals surface area contributed by atoms with Gasteiger partial charge in [0.2, 0.25) is 11.9 Å². The molecule has 0 bridgehead atoms. The van der Waals surface area contributed by atoms with E-state index in [1.165, 1.54) is 12.8 Å². The van der Waals surface area contributed by atoms with Crippen LogP contribution in [0.2, 0.25) is 0 Å². The van der Waals surface area contributed by atoms with E-state index >= 15 is 0 Å². The Morgan fingerprint density at radius 1 is 1.15 bits per heavy atom. The van der Waals surface area contributed by atoms with Gasteiger partial charge in [0.15, 0.2) is 0 Å². The minimum absolute atomic E-state index is 0.234. The van der Waals surface area contributed by atoms with Crippen molar-refractivity contribution in [2.75, 3.05) is 30.9 Å². The Bertz CT molecular complexity index is 430. The first-order chi connectivity index (χ1) is 9.58. The molecule has 1 aromatic heterocycles. The van der Waals surface area contributed by atoms with Crippen LogP contribution in [0, 0.1) is 5.92 Å². The number of nitrogens with one attached hydrogen (secondary N) is 1. The summed E-state index contributed by atoms with van der Waals surface area (Å²) in [6.07, 6.45) is 4.84. The quantitative estimate of drug-likeness (QED) is 0.892. The van der Waals surface area contributed by atoms with Crippen molar-refractivity contribution in [1.82, 2.24) is 15.0 Å². The lowest BCUT2D eigenvalue weighted by Gasteiger charge is -2.26. The van der Waals surface area contributed by atoms with Crippen LogP contribution in [-0.4, -0.2) is 41.7 Å². The molecule has 1 aliphatic carbocycles. The highest BCUT2D eigenvalue weighted by molar-refractivity contribution is 5.36. The van der Waals surface area contributed by atoms with Gasteiger partial charge in [-0.3, -0.25) is 0 Å². The van der Waals surface area contributed by atoms with E-state index < -0.39 is 0 Å². The van der Waals surface area contributed by atoms with Crippen molar-refractivity contribution >= 4 is 11.9 Å². The van der Waals surface area contributed by atoms with Crippen LogP contribution in [0.4, 0.5) is 11.9 Å². The van der Waals surface area contributed by atoms with E-state index in [2.05, 4.69) is 27.2 Å². The molecule has 6 nitrogen and oxygen atoms in total. The Labute approximate surface area is 121 Å². The minimum Gasteiger partial charge on any atom is -0.460 e. The van der Waals surface area contributed by atoms with Crippen LogP contribution in [-0.2, 0) is 0 Å². The zero-order valence-electron chi connectivity index (χ0n) is 12.9. The fraction of sp³-hybridized carbons (Fsp3) is 0.786. The van der Waals surface area contributed by atoms with Gasteiger partial charge in [-0.05, 0) is 38.5 Å². The maximum Gasteiger partial charge on any atom is 0.323 e. The van der Waals surface area contributed by atoms with Gasteiger partial charge in [0.05, 0.1) is 0 Å². The van der Waals surface area contributed by atoms with Crippen molar-refractivity contribution in [3.8, 4) is 6.01 Å². The third kappa shape index (κ3) is 3.95. The summed E-state index contributed by atoms with van der Waals surface area (Å²) in [6, 6.07) is 0.430. The molecule has 0 saturated heterocycles. The summed E-state index contributed by atoms with van der Waals surface area (Å²) in [7, 11) is 3.83. The van der Waals surface area contributed by atoms with E-state index in [4.69, 9.17) is 4.74 Å². The molecule has 20 heavy (non-hydrogen) atoms. The molecule has 112 valence electrons. The third-order valence-electron chi connectivity index (χ3n) is 3.57. The highest BCUT2D eigenvalue weighted by Crippen LogP contribution is 2.26. The number of anilines is 2. The Hall–Kier alpha value is -1.59. The van der Waals surface area contributed by atoms with E-state index in [1.807, 2.05) is 25.9 Å². The van der Waals surface area contributed by atoms with Gasteiger partial charge in [-0.2, -0.15) is 15.0 Å². The normalized spacial score (nSPS) is 22.4. The van der Waals surface area contributed by atoms with Gasteiger partial charge in [0, 0.05) is 20.6 Å². The lowest BCUT2D eigenvalue weighted by atomic mass is 9.89. The Balaban J connectivity index is 2.09. The summed E-state index contributed by atoms with van der Waals surface area (Å²) < 4.78 is 5.95. The molecule has 1 saturated carbocycles. The molecule has 0 unspecified atom stereocenters. The second-order valence-electron chi connectivity index (χ2n) is 5.67. The number of hydrogen-bond donors (Lipinski definition) is 1. The highest BCUT2D eigenvalue weighted by atomic mass is 16.5. The Morgan fingerprint density at radius 3 is 2.45 bits per heavy atom. The van der Waals surface area contributed by atoms with Crippen molar-refractivity contribution in [2.45, 2.75) is 45.6 Å². The molecule has 1 heterocycles. The second-order valence-corrected chi connectivity index (χ2v) is 5.67. The summed E-state index contributed by atoms with van der Waals surface area (Å²) in [5.74, 6) is 2.00. The average molecular weight is 279 g/mol. The molecule has 0 aliphatic heterocycles. The Morgan fingerprint density at radius 2 is 1.85 bits per heavy atom. The third-order valence-corrected chi connectivity index (χ3v) is 3.57. The minimum atomic E-state index is 0.234. The zero-order valence-corrected chi connectivity index (χ0v) is 12.9. The number of ether oxygens (including phenoxy) is 1. The molecule has 0 amide bonds. The maximum atomic E-state index is 5.95. The number of rotatable bonds is 5. The van der Waals surface area contributed by atoms with E-state index in [-0.39, 0.29) is 6.10 Å². The molecule has 1 aromatic rings. The first kappa shape index (κ1) is 14.8. The molecule has 0 aromatic carbocycles. The number of aromatic nitrogens is 3. The van der Waals surface area contributed by atoms with Gasteiger partial charge in [-0.15, -0.1) is 0 Å². The van der Waals surface area contributed by atoms with Crippen molar-refractivity contribution in [1.29, 1.82) is 0 Å². The molecular formula is C14H25N5O. The van der Waals surface area contributed by atoms with Crippen LogP contribution in [0.3, 0.4) is 0 Å². The SMILES string of the molecule is CCNc1nc(OC2CCC(C)CC2)nc(N(C)C)n1. The fourth-order valence-corrected chi connectivity index (χ4v) is 2.33. The van der Waals surface area contributed by atoms with Crippen LogP contribution in [0.15, 0.2) is 0 Å². The highest BCUT2D eigenvalue weighted by Gasteiger charge is 2.21. The average Bonchev–Trinajstić information content (AvgIpc) is 2.41. The van der Waals surface area contributed by atoms with Gasteiger partial charge < -0.3 is 15.0 Å². The molecule has 6 heteroatoms. The van der Waals surface area contributed by atoms with Gasteiger partial charge in [-0.1, -0.05) is 6.92 Å². The largest absolute Gasteiger partial charge is 0.460 e. The van der Waals surface area contributed by atoms with E-state index in [0.29, 0.717) is 17.9 Å². The van der Waals surface area contributed by atoms with E-state index in [0.717, 1.165) is 25.3 Å². The molecule has 0 spiro atoms. The molecule has 0 radical (unpaired) electrons. The summed E-state index contributed by atoms with van der Waals surface area (Å²) in [6.45, 7) is 5.09. The van der Waals surface area contributed by atoms with Crippen molar-refractivity contribution in [3.05, 3.63) is 0 Å². The first-order valence-corrected chi connectivity index (χ1v) is 7.42. The second kappa shape index (κ2) is 6.72. The standard InChI is InChI=1S/C14H25N5O/c1-5-15-12-16-13(19(3)4)18-14(17-12)20-11-8-6-10(2)7-9-11/h10-11H,5-9H2,1-4H3,(H,15,16,17,18). The maximum absolute atomic E-state index is 5.95. The summed E-state index contributed by atoms with van der Waals surface area (Å²) in [4.78, 5) is 14.9. The van der Waals surface area contributed by atoms with Crippen molar-refractivity contribution in [3.63, 3.8) is 0 Å². The topological polar surface area (TPSA) is 63.2 Å². The lowest BCUT2D eigenvalue weighted by Crippen LogP contribution is -2.25. The van der Waals surface area contributed by atoms with Crippen LogP contribution in [0.5, 0.6) is 6.01 Å². The Kier molecular flexibility index (Phi) is 4.98. The predicted octanol–water partition coefficient (Wildman–Crippen LogP) is 2.33. The van der Waals surface area contributed by atoms with E-state index in [9.17, 15) is 0 Å². The molecule has 0 atom stereocenters. The lowest BCUT2D eigenvalue weighted by molar-refractivity contribution is 0.124. The molecule has 1 N–H and O–H groups in total. The van der Waals surface area contributed by atoms with Gasteiger partial charge in [0.1, 0.15) is 6.10 Å². The summed E-state index contributed by atoms with van der Waals surface area (Å²) >= 11 is 0. The van der Waals surface area contributed by atoms with Crippen LogP contribution < -0.4 is 15.0 Å². The van der Waals surface area contributed by atoms with Crippen LogP contribution >= 0.6 is 0 Å².